The highest BCUT2D eigenvalue weighted by atomic mass is 19.4. The van der Waals surface area contributed by atoms with Gasteiger partial charge in [0.25, 0.3) is 0 Å². The van der Waals surface area contributed by atoms with E-state index in [0.29, 0.717) is 13.2 Å². The summed E-state index contributed by atoms with van der Waals surface area (Å²) in [6.07, 6.45) is 0.410. The number of nitrogens with one attached hydrogen (secondary N) is 1. The van der Waals surface area contributed by atoms with Crippen molar-refractivity contribution in [2.24, 2.45) is 5.41 Å². The highest BCUT2D eigenvalue weighted by Gasteiger charge is 2.37. The molecule has 2 aliphatic rings. The minimum atomic E-state index is -4.28. The van der Waals surface area contributed by atoms with Gasteiger partial charge >= 0.3 is 6.18 Å². The first-order chi connectivity index (χ1) is 9.99. The van der Waals surface area contributed by atoms with Crippen LogP contribution in [0.4, 0.5) is 13.2 Å². The Hall–Kier alpha value is -1.07. The van der Waals surface area contributed by atoms with Crippen LogP contribution in [-0.4, -0.2) is 19.7 Å². The van der Waals surface area contributed by atoms with Crippen molar-refractivity contribution in [3.8, 4) is 0 Å². The van der Waals surface area contributed by atoms with Crippen molar-refractivity contribution in [1.82, 2.24) is 5.32 Å². The van der Waals surface area contributed by atoms with Gasteiger partial charge in [-0.05, 0) is 30.5 Å². The van der Waals surface area contributed by atoms with Crippen molar-refractivity contribution < 1.29 is 17.9 Å². The van der Waals surface area contributed by atoms with Crippen molar-refractivity contribution in [2.45, 2.75) is 38.0 Å². The first-order valence-corrected chi connectivity index (χ1v) is 7.48. The van der Waals surface area contributed by atoms with E-state index in [1.54, 1.807) is 0 Å². The fraction of sp³-hybridized carbons (Fsp3) is 0.625. The summed E-state index contributed by atoms with van der Waals surface area (Å²) in [7, 11) is 0. The van der Waals surface area contributed by atoms with E-state index >= 15 is 0 Å². The molecule has 1 aromatic rings. The van der Waals surface area contributed by atoms with Gasteiger partial charge < -0.3 is 10.1 Å². The largest absolute Gasteiger partial charge is 0.416 e. The summed E-state index contributed by atoms with van der Waals surface area (Å²) < 4.78 is 43.8. The minimum absolute atomic E-state index is 0.160. The highest BCUT2D eigenvalue weighted by Crippen LogP contribution is 2.40. The lowest BCUT2D eigenvalue weighted by atomic mass is 9.87. The monoisotopic (exact) mass is 299 g/mol. The van der Waals surface area contributed by atoms with Crippen LogP contribution in [0.25, 0.3) is 0 Å². The lowest BCUT2D eigenvalue weighted by molar-refractivity contribution is -0.137. The molecule has 2 fully saturated rings. The van der Waals surface area contributed by atoms with Gasteiger partial charge in [0, 0.05) is 18.5 Å². The van der Waals surface area contributed by atoms with E-state index in [4.69, 9.17) is 4.74 Å². The fourth-order valence-electron chi connectivity index (χ4n) is 3.40. The van der Waals surface area contributed by atoms with Crippen molar-refractivity contribution in [2.75, 3.05) is 19.7 Å². The van der Waals surface area contributed by atoms with E-state index in [0.717, 1.165) is 24.2 Å². The minimum Gasteiger partial charge on any atom is -0.372 e. The van der Waals surface area contributed by atoms with E-state index < -0.39 is 11.7 Å². The normalized spacial score (nSPS) is 26.0. The average molecular weight is 299 g/mol. The van der Waals surface area contributed by atoms with E-state index in [1.807, 2.05) is 0 Å². The molecular formula is C16H20F3NO. The van der Waals surface area contributed by atoms with Crippen LogP contribution in [0.5, 0.6) is 0 Å². The van der Waals surface area contributed by atoms with E-state index in [1.165, 1.54) is 37.8 Å². The summed E-state index contributed by atoms with van der Waals surface area (Å²) in [5.74, 6) is 0. The van der Waals surface area contributed by atoms with Crippen molar-refractivity contribution in [3.63, 3.8) is 0 Å². The Labute approximate surface area is 122 Å². The summed E-state index contributed by atoms with van der Waals surface area (Å²) in [5, 5.41) is 3.43. The first kappa shape index (κ1) is 14.9. The third kappa shape index (κ3) is 3.24. The predicted octanol–water partition coefficient (Wildman–Crippen LogP) is 3.93. The summed E-state index contributed by atoms with van der Waals surface area (Å²) in [6.45, 7) is 2.31. The summed E-state index contributed by atoms with van der Waals surface area (Å²) in [6, 6.07) is 5.33. The molecule has 1 atom stereocenters. The van der Waals surface area contributed by atoms with Crippen molar-refractivity contribution in [1.29, 1.82) is 0 Å². The smallest absolute Gasteiger partial charge is 0.372 e. The number of rotatable bonds is 1. The topological polar surface area (TPSA) is 21.3 Å². The Balaban J connectivity index is 1.69. The molecule has 1 spiro atoms. The lowest BCUT2D eigenvalue weighted by Crippen LogP contribution is -2.32. The van der Waals surface area contributed by atoms with Crippen LogP contribution >= 0.6 is 0 Å². The molecule has 1 aliphatic carbocycles. The molecule has 1 heterocycles. The van der Waals surface area contributed by atoms with Crippen LogP contribution in [0, 0.1) is 5.41 Å². The summed E-state index contributed by atoms with van der Waals surface area (Å²) in [4.78, 5) is 0. The van der Waals surface area contributed by atoms with Gasteiger partial charge in [-0.25, -0.2) is 0 Å². The number of halogens is 3. The SMILES string of the molecule is FC(F)(F)c1ccc(C2CNCC3(CCCC3)CO2)cc1. The standard InChI is InChI=1S/C16H20F3NO/c17-16(18,19)13-5-3-12(4-6-13)14-9-20-10-15(11-21-14)7-1-2-8-15/h3-6,14,20H,1-2,7-11H2. The van der Waals surface area contributed by atoms with Crippen LogP contribution in [0.2, 0.25) is 0 Å². The second kappa shape index (κ2) is 5.61. The molecule has 116 valence electrons. The second-order valence-electron chi connectivity index (χ2n) is 6.26. The van der Waals surface area contributed by atoms with Crippen LogP contribution in [0.3, 0.4) is 0 Å². The molecule has 0 bridgehead atoms. The zero-order valence-electron chi connectivity index (χ0n) is 11.9. The molecule has 1 saturated heterocycles. The molecule has 0 amide bonds. The maximum atomic E-state index is 12.6. The third-order valence-electron chi connectivity index (χ3n) is 4.69. The zero-order chi connectivity index (χ0) is 14.9. The molecule has 0 aromatic heterocycles. The molecule has 5 heteroatoms. The van der Waals surface area contributed by atoms with Gasteiger partial charge in [-0.2, -0.15) is 13.2 Å². The first-order valence-electron chi connectivity index (χ1n) is 7.48. The summed E-state index contributed by atoms with van der Waals surface area (Å²) >= 11 is 0. The molecule has 1 unspecified atom stereocenters. The summed E-state index contributed by atoms with van der Waals surface area (Å²) in [5.41, 5.74) is 0.436. The molecule has 1 aliphatic heterocycles. The Morgan fingerprint density at radius 2 is 1.76 bits per heavy atom. The number of benzene rings is 1. The number of ether oxygens (including phenoxy) is 1. The molecule has 0 radical (unpaired) electrons. The Morgan fingerprint density at radius 3 is 2.38 bits per heavy atom. The quantitative estimate of drug-likeness (QED) is 0.848. The highest BCUT2D eigenvalue weighted by molar-refractivity contribution is 5.26. The van der Waals surface area contributed by atoms with Gasteiger partial charge in [0.2, 0.25) is 0 Å². The van der Waals surface area contributed by atoms with E-state index in [2.05, 4.69) is 5.32 Å². The zero-order valence-corrected chi connectivity index (χ0v) is 11.9. The Bertz CT molecular complexity index is 477. The van der Waals surface area contributed by atoms with Crippen molar-refractivity contribution in [3.05, 3.63) is 35.4 Å². The van der Waals surface area contributed by atoms with Gasteiger partial charge in [0.1, 0.15) is 0 Å². The molecule has 1 N–H and O–H groups in total. The molecule has 1 saturated carbocycles. The third-order valence-corrected chi connectivity index (χ3v) is 4.69. The van der Waals surface area contributed by atoms with E-state index in [9.17, 15) is 13.2 Å². The molecule has 21 heavy (non-hydrogen) atoms. The average Bonchev–Trinajstić information content (AvgIpc) is 2.80. The predicted molar refractivity (Wildman–Crippen MR) is 73.9 cm³/mol. The van der Waals surface area contributed by atoms with Crippen LogP contribution in [0.1, 0.15) is 42.9 Å². The van der Waals surface area contributed by atoms with Crippen LogP contribution in [-0.2, 0) is 10.9 Å². The van der Waals surface area contributed by atoms with Crippen LogP contribution < -0.4 is 5.32 Å². The Kier molecular flexibility index (Phi) is 3.97. The molecular weight excluding hydrogens is 279 g/mol. The molecule has 2 nitrogen and oxygen atoms in total. The molecule has 3 rings (SSSR count). The lowest BCUT2D eigenvalue weighted by Gasteiger charge is -2.26. The van der Waals surface area contributed by atoms with Crippen molar-refractivity contribution >= 4 is 0 Å². The Morgan fingerprint density at radius 1 is 1.10 bits per heavy atom. The van der Waals surface area contributed by atoms with Gasteiger partial charge in [-0.3, -0.25) is 0 Å². The number of hydrogen-bond donors (Lipinski definition) is 1. The maximum absolute atomic E-state index is 12.6. The van der Waals surface area contributed by atoms with Gasteiger partial charge in [-0.15, -0.1) is 0 Å². The second-order valence-corrected chi connectivity index (χ2v) is 6.26. The maximum Gasteiger partial charge on any atom is 0.416 e. The van der Waals surface area contributed by atoms with E-state index in [-0.39, 0.29) is 11.5 Å². The van der Waals surface area contributed by atoms with Gasteiger partial charge in [0.05, 0.1) is 18.3 Å². The fourth-order valence-corrected chi connectivity index (χ4v) is 3.40. The number of hydrogen-bond acceptors (Lipinski definition) is 2. The number of alkyl halides is 3. The van der Waals surface area contributed by atoms with Gasteiger partial charge in [-0.1, -0.05) is 25.0 Å². The molecule has 1 aromatic carbocycles. The van der Waals surface area contributed by atoms with Gasteiger partial charge in [0.15, 0.2) is 0 Å². The van der Waals surface area contributed by atoms with Crippen LogP contribution in [0.15, 0.2) is 24.3 Å².